The highest BCUT2D eigenvalue weighted by Gasteiger charge is 2.35. The lowest BCUT2D eigenvalue weighted by Crippen LogP contribution is -2.28. The van der Waals surface area contributed by atoms with Gasteiger partial charge in [-0.3, -0.25) is 14.3 Å². The monoisotopic (exact) mass is 386 g/mol. The average molecular weight is 386 g/mol. The summed E-state index contributed by atoms with van der Waals surface area (Å²) in [4.78, 5) is 26.4. The van der Waals surface area contributed by atoms with Crippen LogP contribution in [-0.2, 0) is 20.9 Å². The molecule has 2 fully saturated rings. The van der Waals surface area contributed by atoms with Gasteiger partial charge in [-0.05, 0) is 43.5 Å². The molecule has 2 aliphatic heterocycles. The summed E-state index contributed by atoms with van der Waals surface area (Å²) in [6.07, 6.45) is 6.97. The fraction of sp³-hybridized carbons (Fsp3) is 0.450. The molecule has 2 aliphatic rings. The second-order valence-electron chi connectivity index (χ2n) is 7.31. The lowest BCUT2D eigenvalue weighted by molar-refractivity contribution is -0.122. The van der Waals surface area contributed by atoms with Crippen molar-refractivity contribution in [2.75, 3.05) is 23.4 Å². The van der Waals surface area contributed by atoms with Crippen LogP contribution in [0.4, 0.5) is 15.8 Å². The zero-order chi connectivity index (χ0) is 19.5. The molecule has 0 aliphatic carbocycles. The van der Waals surface area contributed by atoms with Crippen LogP contribution in [0.2, 0.25) is 0 Å². The Labute approximate surface area is 162 Å². The second-order valence-corrected chi connectivity index (χ2v) is 7.31. The normalized spacial score (nSPS) is 22.5. The Bertz CT molecular complexity index is 845. The first-order valence-corrected chi connectivity index (χ1v) is 9.59. The summed E-state index contributed by atoms with van der Waals surface area (Å²) in [5.41, 5.74) is 1.20. The first-order valence-electron chi connectivity index (χ1n) is 9.59. The Morgan fingerprint density at radius 3 is 2.86 bits per heavy atom. The first kappa shape index (κ1) is 18.6. The van der Waals surface area contributed by atoms with E-state index in [9.17, 15) is 14.0 Å². The quantitative estimate of drug-likeness (QED) is 0.857. The van der Waals surface area contributed by atoms with Gasteiger partial charge in [-0.1, -0.05) is 0 Å². The summed E-state index contributed by atoms with van der Waals surface area (Å²) in [7, 11) is 0. The van der Waals surface area contributed by atoms with Crippen LogP contribution in [-0.4, -0.2) is 40.9 Å². The third-order valence-corrected chi connectivity index (χ3v) is 5.20. The third-order valence-electron chi connectivity index (χ3n) is 5.20. The number of hydrogen-bond acceptors (Lipinski definition) is 4. The largest absolute Gasteiger partial charge is 0.376 e. The number of hydrogen-bond donors (Lipinski definition) is 1. The number of carbonyl (C=O) groups is 2. The minimum absolute atomic E-state index is 0.132. The van der Waals surface area contributed by atoms with Gasteiger partial charge in [0.1, 0.15) is 5.82 Å². The van der Waals surface area contributed by atoms with E-state index in [-0.39, 0.29) is 36.7 Å². The predicted molar refractivity (Wildman–Crippen MR) is 101 cm³/mol. The number of amides is 2. The minimum Gasteiger partial charge on any atom is -0.376 e. The summed E-state index contributed by atoms with van der Waals surface area (Å²) in [6, 6.07) is 5.70. The molecule has 2 aromatic rings. The summed E-state index contributed by atoms with van der Waals surface area (Å²) in [5, 5.41) is 7.13. The SMILES string of the molecule is O=C(Nc1cnn(C[C@H]2CCCCO2)c1)[C@@H]1CC(=O)N(c2ccc(F)cc2)C1. The molecule has 2 atom stereocenters. The maximum Gasteiger partial charge on any atom is 0.229 e. The van der Waals surface area contributed by atoms with Crippen molar-refractivity contribution in [2.45, 2.75) is 38.3 Å². The van der Waals surface area contributed by atoms with Crippen molar-refractivity contribution in [1.29, 1.82) is 0 Å². The van der Waals surface area contributed by atoms with Gasteiger partial charge >= 0.3 is 0 Å². The van der Waals surface area contributed by atoms with Gasteiger partial charge in [-0.25, -0.2) is 4.39 Å². The molecule has 1 aromatic carbocycles. The highest BCUT2D eigenvalue weighted by molar-refractivity contribution is 6.03. The van der Waals surface area contributed by atoms with Crippen molar-refractivity contribution >= 4 is 23.2 Å². The van der Waals surface area contributed by atoms with Crippen LogP contribution < -0.4 is 10.2 Å². The van der Waals surface area contributed by atoms with Gasteiger partial charge in [0, 0.05) is 31.5 Å². The van der Waals surface area contributed by atoms with Crippen LogP contribution in [0.15, 0.2) is 36.7 Å². The van der Waals surface area contributed by atoms with E-state index in [0.29, 0.717) is 17.9 Å². The molecule has 0 saturated carbocycles. The van der Waals surface area contributed by atoms with Crippen molar-refractivity contribution in [3.63, 3.8) is 0 Å². The predicted octanol–water partition coefficient (Wildman–Crippen LogP) is 2.58. The second kappa shape index (κ2) is 8.10. The molecule has 2 saturated heterocycles. The van der Waals surface area contributed by atoms with Gasteiger partial charge < -0.3 is 15.0 Å². The van der Waals surface area contributed by atoms with Crippen LogP contribution >= 0.6 is 0 Å². The van der Waals surface area contributed by atoms with E-state index in [1.807, 2.05) is 0 Å². The number of nitrogens with zero attached hydrogens (tertiary/aromatic N) is 3. The lowest BCUT2D eigenvalue weighted by Gasteiger charge is -2.22. The van der Waals surface area contributed by atoms with Crippen molar-refractivity contribution < 1.29 is 18.7 Å². The van der Waals surface area contributed by atoms with E-state index in [0.717, 1.165) is 25.9 Å². The molecule has 1 N–H and O–H groups in total. The molecule has 0 radical (unpaired) electrons. The number of ether oxygens (including phenoxy) is 1. The van der Waals surface area contributed by atoms with E-state index in [4.69, 9.17) is 4.74 Å². The molecule has 0 bridgehead atoms. The first-order chi connectivity index (χ1) is 13.6. The minimum atomic E-state index is -0.456. The molecule has 28 heavy (non-hydrogen) atoms. The van der Waals surface area contributed by atoms with E-state index in [1.54, 1.807) is 29.2 Å². The molecular formula is C20H23FN4O3. The van der Waals surface area contributed by atoms with Crippen LogP contribution in [0.25, 0.3) is 0 Å². The summed E-state index contributed by atoms with van der Waals surface area (Å²) >= 11 is 0. The van der Waals surface area contributed by atoms with Gasteiger partial charge in [-0.2, -0.15) is 5.10 Å². The van der Waals surface area contributed by atoms with Gasteiger partial charge in [-0.15, -0.1) is 0 Å². The third kappa shape index (κ3) is 4.22. The molecule has 3 heterocycles. The summed E-state index contributed by atoms with van der Waals surface area (Å²) < 4.78 is 20.6. The molecule has 0 unspecified atom stereocenters. The number of nitrogens with one attached hydrogen (secondary N) is 1. The molecule has 4 rings (SSSR count). The Balaban J connectivity index is 1.34. The van der Waals surface area contributed by atoms with Crippen LogP contribution in [0, 0.1) is 11.7 Å². The fourth-order valence-electron chi connectivity index (χ4n) is 3.69. The number of halogens is 1. The highest BCUT2D eigenvalue weighted by atomic mass is 19.1. The lowest BCUT2D eigenvalue weighted by atomic mass is 10.1. The van der Waals surface area contributed by atoms with E-state index < -0.39 is 5.92 Å². The van der Waals surface area contributed by atoms with E-state index >= 15 is 0 Å². The maximum atomic E-state index is 13.1. The standard InChI is InChI=1S/C20H23FN4O3/c21-15-4-6-17(7-5-15)25-11-14(9-19(25)26)20(27)23-16-10-22-24(12-16)13-18-3-1-2-8-28-18/h4-7,10,12,14,18H,1-3,8-9,11,13H2,(H,23,27)/t14-,18-/m1/s1. The van der Waals surface area contributed by atoms with Crippen molar-refractivity contribution in [1.82, 2.24) is 9.78 Å². The molecule has 148 valence electrons. The Morgan fingerprint density at radius 1 is 1.29 bits per heavy atom. The van der Waals surface area contributed by atoms with Crippen LogP contribution in [0.5, 0.6) is 0 Å². The smallest absolute Gasteiger partial charge is 0.229 e. The van der Waals surface area contributed by atoms with E-state index in [2.05, 4.69) is 10.4 Å². The highest BCUT2D eigenvalue weighted by Crippen LogP contribution is 2.26. The van der Waals surface area contributed by atoms with Crippen LogP contribution in [0.3, 0.4) is 0 Å². The molecule has 2 amide bonds. The number of rotatable bonds is 5. The van der Waals surface area contributed by atoms with Gasteiger partial charge in [0.15, 0.2) is 0 Å². The van der Waals surface area contributed by atoms with E-state index in [1.165, 1.54) is 17.0 Å². The van der Waals surface area contributed by atoms with Crippen molar-refractivity contribution in [3.05, 3.63) is 42.5 Å². The fourth-order valence-corrected chi connectivity index (χ4v) is 3.69. The number of benzene rings is 1. The average Bonchev–Trinajstić information content (AvgIpc) is 3.30. The summed E-state index contributed by atoms with van der Waals surface area (Å²) in [6.45, 7) is 1.73. The Kier molecular flexibility index (Phi) is 5.38. The molecule has 0 spiro atoms. The van der Waals surface area contributed by atoms with Gasteiger partial charge in [0.2, 0.25) is 11.8 Å². The van der Waals surface area contributed by atoms with Crippen molar-refractivity contribution in [3.8, 4) is 0 Å². The maximum absolute atomic E-state index is 13.1. The molecule has 8 heteroatoms. The number of anilines is 2. The Morgan fingerprint density at radius 2 is 2.11 bits per heavy atom. The van der Waals surface area contributed by atoms with Gasteiger partial charge in [0.25, 0.3) is 0 Å². The summed E-state index contributed by atoms with van der Waals surface area (Å²) in [5.74, 6) is -1.17. The molecule has 7 nitrogen and oxygen atoms in total. The molecule has 1 aromatic heterocycles. The van der Waals surface area contributed by atoms with Gasteiger partial charge in [0.05, 0.1) is 30.5 Å². The number of carbonyl (C=O) groups excluding carboxylic acids is 2. The topological polar surface area (TPSA) is 76.5 Å². The zero-order valence-electron chi connectivity index (χ0n) is 15.5. The van der Waals surface area contributed by atoms with Crippen LogP contribution in [0.1, 0.15) is 25.7 Å². The number of aromatic nitrogens is 2. The molecular weight excluding hydrogens is 363 g/mol. The zero-order valence-corrected chi connectivity index (χ0v) is 15.5. The van der Waals surface area contributed by atoms with Crippen molar-refractivity contribution in [2.24, 2.45) is 5.92 Å². The Hall–Kier alpha value is -2.74.